The standard InChI is InChI=1S/C10H17N3/c1-7-6-13-4-3-9(8(2)11)5-10(13)12-7/h6,8-9H,3-5,11H2,1-2H3. The largest absolute Gasteiger partial charge is 0.335 e. The van der Waals surface area contributed by atoms with E-state index in [0.717, 1.165) is 18.7 Å². The summed E-state index contributed by atoms with van der Waals surface area (Å²) in [5.74, 6) is 1.83. The average molecular weight is 179 g/mol. The Morgan fingerprint density at radius 3 is 3.15 bits per heavy atom. The topological polar surface area (TPSA) is 43.8 Å². The van der Waals surface area contributed by atoms with E-state index >= 15 is 0 Å². The number of imidazole rings is 1. The van der Waals surface area contributed by atoms with Crippen LogP contribution in [0.15, 0.2) is 6.20 Å². The second-order valence-electron chi connectivity index (χ2n) is 4.10. The van der Waals surface area contributed by atoms with Crippen LogP contribution in [-0.2, 0) is 13.0 Å². The molecule has 2 atom stereocenters. The van der Waals surface area contributed by atoms with Crippen molar-refractivity contribution in [2.24, 2.45) is 11.7 Å². The fraction of sp³-hybridized carbons (Fsp3) is 0.700. The van der Waals surface area contributed by atoms with Crippen molar-refractivity contribution in [3.8, 4) is 0 Å². The smallest absolute Gasteiger partial charge is 0.109 e. The summed E-state index contributed by atoms with van der Waals surface area (Å²) in [5.41, 5.74) is 7.02. The lowest BCUT2D eigenvalue weighted by atomic mass is 9.92. The van der Waals surface area contributed by atoms with Gasteiger partial charge in [-0.25, -0.2) is 4.98 Å². The van der Waals surface area contributed by atoms with E-state index in [1.165, 1.54) is 12.2 Å². The highest BCUT2D eigenvalue weighted by atomic mass is 15.1. The van der Waals surface area contributed by atoms with Gasteiger partial charge in [-0.3, -0.25) is 0 Å². The molecule has 1 aliphatic rings. The molecule has 2 heterocycles. The number of rotatable bonds is 1. The SMILES string of the molecule is Cc1cn2c(n1)CC(C(C)N)CC2. The highest BCUT2D eigenvalue weighted by Crippen LogP contribution is 2.21. The summed E-state index contributed by atoms with van der Waals surface area (Å²) in [7, 11) is 0. The molecule has 0 spiro atoms. The third-order valence-corrected chi connectivity index (χ3v) is 2.91. The van der Waals surface area contributed by atoms with Crippen LogP contribution in [0.25, 0.3) is 0 Å². The summed E-state index contributed by atoms with van der Waals surface area (Å²) >= 11 is 0. The highest BCUT2D eigenvalue weighted by Gasteiger charge is 2.22. The van der Waals surface area contributed by atoms with Gasteiger partial charge in [-0.15, -0.1) is 0 Å². The first kappa shape index (κ1) is 8.75. The average Bonchev–Trinajstić information content (AvgIpc) is 2.42. The molecule has 0 fully saturated rings. The fourth-order valence-corrected chi connectivity index (χ4v) is 2.04. The lowest BCUT2D eigenvalue weighted by molar-refractivity contribution is 0.337. The van der Waals surface area contributed by atoms with Gasteiger partial charge in [0.15, 0.2) is 0 Å². The summed E-state index contributed by atoms with van der Waals surface area (Å²) < 4.78 is 2.26. The van der Waals surface area contributed by atoms with Gasteiger partial charge in [0.05, 0.1) is 5.69 Å². The van der Waals surface area contributed by atoms with Crippen LogP contribution in [-0.4, -0.2) is 15.6 Å². The molecule has 0 aliphatic carbocycles. The molecule has 13 heavy (non-hydrogen) atoms. The van der Waals surface area contributed by atoms with Crippen molar-refractivity contribution >= 4 is 0 Å². The van der Waals surface area contributed by atoms with Gasteiger partial charge in [-0.05, 0) is 26.2 Å². The van der Waals surface area contributed by atoms with Crippen LogP contribution in [0, 0.1) is 12.8 Å². The maximum Gasteiger partial charge on any atom is 0.109 e. The molecular formula is C10H17N3. The van der Waals surface area contributed by atoms with E-state index in [1.807, 2.05) is 6.92 Å². The van der Waals surface area contributed by atoms with Gasteiger partial charge in [0.25, 0.3) is 0 Å². The lowest BCUT2D eigenvalue weighted by Crippen LogP contribution is -2.33. The molecule has 0 aromatic carbocycles. The van der Waals surface area contributed by atoms with Crippen LogP contribution >= 0.6 is 0 Å². The number of aryl methyl sites for hydroxylation is 2. The molecular weight excluding hydrogens is 162 g/mol. The van der Waals surface area contributed by atoms with Crippen LogP contribution in [0.5, 0.6) is 0 Å². The Hall–Kier alpha value is -0.830. The molecule has 1 aliphatic heterocycles. The van der Waals surface area contributed by atoms with Crippen LogP contribution in [0.1, 0.15) is 24.9 Å². The summed E-state index contributed by atoms with van der Waals surface area (Å²) in [4.78, 5) is 4.49. The predicted molar refractivity (Wildman–Crippen MR) is 52.4 cm³/mol. The van der Waals surface area contributed by atoms with Gasteiger partial charge in [0, 0.05) is 25.2 Å². The van der Waals surface area contributed by atoms with Crippen molar-refractivity contribution in [1.82, 2.24) is 9.55 Å². The number of aromatic nitrogens is 2. The molecule has 2 rings (SSSR count). The van der Waals surface area contributed by atoms with Gasteiger partial charge in [0.1, 0.15) is 5.82 Å². The zero-order chi connectivity index (χ0) is 9.42. The minimum absolute atomic E-state index is 0.297. The van der Waals surface area contributed by atoms with E-state index in [2.05, 4.69) is 22.7 Å². The van der Waals surface area contributed by atoms with Crippen molar-refractivity contribution in [3.05, 3.63) is 17.7 Å². The molecule has 0 saturated carbocycles. The number of hydrogen-bond acceptors (Lipinski definition) is 2. The molecule has 0 bridgehead atoms. The monoisotopic (exact) mass is 179 g/mol. The van der Waals surface area contributed by atoms with E-state index in [1.54, 1.807) is 0 Å². The lowest BCUT2D eigenvalue weighted by Gasteiger charge is -2.25. The van der Waals surface area contributed by atoms with Gasteiger partial charge in [0.2, 0.25) is 0 Å². The Labute approximate surface area is 79.0 Å². The van der Waals surface area contributed by atoms with Crippen molar-refractivity contribution < 1.29 is 0 Å². The zero-order valence-electron chi connectivity index (χ0n) is 8.33. The third-order valence-electron chi connectivity index (χ3n) is 2.91. The van der Waals surface area contributed by atoms with Crippen molar-refractivity contribution in [2.75, 3.05) is 0 Å². The van der Waals surface area contributed by atoms with E-state index in [0.29, 0.717) is 12.0 Å². The quantitative estimate of drug-likeness (QED) is 0.701. The second-order valence-corrected chi connectivity index (χ2v) is 4.10. The summed E-state index contributed by atoms with van der Waals surface area (Å²) in [6, 6.07) is 0.297. The minimum Gasteiger partial charge on any atom is -0.335 e. The van der Waals surface area contributed by atoms with Gasteiger partial charge in [-0.2, -0.15) is 0 Å². The van der Waals surface area contributed by atoms with Crippen molar-refractivity contribution in [3.63, 3.8) is 0 Å². The first-order valence-electron chi connectivity index (χ1n) is 4.95. The van der Waals surface area contributed by atoms with Gasteiger partial charge in [-0.1, -0.05) is 0 Å². The Bertz CT molecular complexity index is 301. The number of nitrogens with two attached hydrogens (primary N) is 1. The molecule has 0 radical (unpaired) electrons. The summed E-state index contributed by atoms with van der Waals surface area (Å²) in [6.45, 7) is 5.23. The van der Waals surface area contributed by atoms with Crippen LogP contribution in [0.2, 0.25) is 0 Å². The molecule has 0 amide bonds. The van der Waals surface area contributed by atoms with Crippen molar-refractivity contribution in [2.45, 2.75) is 39.3 Å². The Kier molecular flexibility index (Phi) is 2.12. The Morgan fingerprint density at radius 1 is 1.69 bits per heavy atom. The molecule has 3 heteroatoms. The molecule has 2 unspecified atom stereocenters. The molecule has 72 valence electrons. The zero-order valence-corrected chi connectivity index (χ0v) is 8.33. The van der Waals surface area contributed by atoms with Crippen LogP contribution in [0.4, 0.5) is 0 Å². The van der Waals surface area contributed by atoms with E-state index in [4.69, 9.17) is 5.73 Å². The first-order chi connectivity index (χ1) is 6.16. The van der Waals surface area contributed by atoms with E-state index in [9.17, 15) is 0 Å². The first-order valence-corrected chi connectivity index (χ1v) is 4.95. The second kappa shape index (κ2) is 3.14. The van der Waals surface area contributed by atoms with E-state index < -0.39 is 0 Å². The molecule has 3 nitrogen and oxygen atoms in total. The van der Waals surface area contributed by atoms with Gasteiger partial charge >= 0.3 is 0 Å². The maximum absolute atomic E-state index is 5.89. The maximum atomic E-state index is 5.89. The van der Waals surface area contributed by atoms with Gasteiger partial charge < -0.3 is 10.3 Å². The molecule has 2 N–H and O–H groups in total. The Morgan fingerprint density at radius 2 is 2.46 bits per heavy atom. The number of nitrogens with zero attached hydrogens (tertiary/aromatic N) is 2. The summed E-state index contributed by atoms with van der Waals surface area (Å²) in [6.07, 6.45) is 4.37. The molecule has 0 saturated heterocycles. The normalized spacial score (nSPS) is 24.1. The van der Waals surface area contributed by atoms with Crippen LogP contribution < -0.4 is 5.73 Å². The highest BCUT2D eigenvalue weighted by molar-refractivity contribution is 5.05. The minimum atomic E-state index is 0.297. The molecule has 1 aromatic rings. The Balaban J connectivity index is 2.19. The van der Waals surface area contributed by atoms with E-state index in [-0.39, 0.29) is 0 Å². The summed E-state index contributed by atoms with van der Waals surface area (Å²) in [5, 5.41) is 0. The fourth-order valence-electron chi connectivity index (χ4n) is 2.04. The van der Waals surface area contributed by atoms with Crippen molar-refractivity contribution in [1.29, 1.82) is 0 Å². The van der Waals surface area contributed by atoms with Crippen LogP contribution in [0.3, 0.4) is 0 Å². The predicted octanol–water partition coefficient (Wildman–Crippen LogP) is 1.10. The number of fused-ring (bicyclic) bond motifs is 1. The molecule has 1 aromatic heterocycles. The number of hydrogen-bond donors (Lipinski definition) is 1. The third kappa shape index (κ3) is 1.61.